The molecule has 2 N–H and O–H groups in total. The second-order valence-corrected chi connectivity index (χ2v) is 6.58. The molecule has 3 aromatic rings. The largest absolute Gasteiger partial charge is 0.507 e. The first-order valence-electron chi connectivity index (χ1n) is 7.09. The van der Waals surface area contributed by atoms with E-state index in [0.29, 0.717) is 33.3 Å². The SMILES string of the molecule is O=C(Nc1cccc(-c2cc(-c3c(O)cccc3Cl)no2)c1)C(Cl)Cl. The molecule has 128 valence electrons. The number of carbonyl (C=O) groups excluding carboxylic acids is 1. The molecule has 0 aliphatic rings. The standard InChI is InChI=1S/C17H11Cl3N2O3/c18-11-5-2-6-13(23)15(11)12-8-14(25-22-12)9-3-1-4-10(7-9)21-17(24)16(19)20/h1-8,16,23H,(H,21,24). The molecule has 1 amide bonds. The number of alkyl halides is 2. The molecule has 0 unspecified atom stereocenters. The van der Waals surface area contributed by atoms with Crippen molar-refractivity contribution in [2.75, 3.05) is 5.32 Å². The second-order valence-electron chi connectivity index (χ2n) is 5.08. The van der Waals surface area contributed by atoms with Crippen molar-refractivity contribution in [3.05, 3.63) is 53.6 Å². The number of phenolic OH excluding ortho intramolecular Hbond substituents is 1. The van der Waals surface area contributed by atoms with Gasteiger partial charge in [-0.25, -0.2) is 0 Å². The van der Waals surface area contributed by atoms with Crippen LogP contribution in [0.5, 0.6) is 5.75 Å². The molecule has 1 heterocycles. The van der Waals surface area contributed by atoms with Gasteiger partial charge in [-0.1, -0.05) is 58.2 Å². The third-order valence-corrected chi connectivity index (χ3v) is 4.08. The summed E-state index contributed by atoms with van der Waals surface area (Å²) < 4.78 is 5.34. The predicted molar refractivity (Wildman–Crippen MR) is 98.2 cm³/mol. The molecule has 0 atom stereocenters. The first kappa shape index (κ1) is 17.6. The monoisotopic (exact) mass is 396 g/mol. The molecule has 0 spiro atoms. The summed E-state index contributed by atoms with van der Waals surface area (Å²) in [5, 5.41) is 16.9. The number of phenols is 1. The van der Waals surface area contributed by atoms with E-state index in [1.807, 2.05) is 0 Å². The molecule has 3 rings (SSSR count). The average molecular weight is 398 g/mol. The molecule has 0 aliphatic heterocycles. The van der Waals surface area contributed by atoms with Crippen molar-refractivity contribution in [3.63, 3.8) is 0 Å². The Morgan fingerprint density at radius 1 is 1.16 bits per heavy atom. The number of aromatic hydroxyl groups is 1. The summed E-state index contributed by atoms with van der Waals surface area (Å²) in [6.07, 6.45) is 0. The Morgan fingerprint density at radius 3 is 2.64 bits per heavy atom. The van der Waals surface area contributed by atoms with Crippen LogP contribution in [0.3, 0.4) is 0 Å². The minimum atomic E-state index is -1.16. The first-order chi connectivity index (χ1) is 12.0. The Morgan fingerprint density at radius 2 is 1.92 bits per heavy atom. The number of amides is 1. The fraction of sp³-hybridized carbons (Fsp3) is 0.0588. The number of nitrogens with zero attached hydrogens (tertiary/aromatic N) is 1. The maximum absolute atomic E-state index is 11.6. The fourth-order valence-electron chi connectivity index (χ4n) is 2.24. The van der Waals surface area contributed by atoms with Gasteiger partial charge < -0.3 is 14.9 Å². The van der Waals surface area contributed by atoms with Crippen LogP contribution >= 0.6 is 34.8 Å². The lowest BCUT2D eigenvalue weighted by molar-refractivity contribution is -0.114. The van der Waals surface area contributed by atoms with Crippen molar-refractivity contribution in [3.8, 4) is 28.3 Å². The number of anilines is 1. The Hall–Kier alpha value is -2.21. The number of rotatable bonds is 4. The Kier molecular flexibility index (Phi) is 5.18. The number of nitrogens with one attached hydrogen (secondary N) is 1. The molecule has 2 aromatic carbocycles. The van der Waals surface area contributed by atoms with Crippen molar-refractivity contribution in [1.82, 2.24) is 5.16 Å². The Bertz CT molecular complexity index is 905. The molecule has 0 bridgehead atoms. The van der Waals surface area contributed by atoms with Gasteiger partial charge in [0.2, 0.25) is 0 Å². The molecule has 25 heavy (non-hydrogen) atoms. The van der Waals surface area contributed by atoms with Gasteiger partial charge in [0.15, 0.2) is 10.6 Å². The van der Waals surface area contributed by atoms with Crippen molar-refractivity contribution in [1.29, 1.82) is 0 Å². The smallest absolute Gasteiger partial charge is 0.257 e. The van der Waals surface area contributed by atoms with Crippen LogP contribution < -0.4 is 5.32 Å². The van der Waals surface area contributed by atoms with E-state index in [0.717, 1.165) is 0 Å². The van der Waals surface area contributed by atoms with Crippen LogP contribution in [0, 0.1) is 0 Å². The zero-order valence-corrected chi connectivity index (χ0v) is 14.8. The van der Waals surface area contributed by atoms with Crippen LogP contribution in [-0.4, -0.2) is 21.0 Å². The van der Waals surface area contributed by atoms with Gasteiger partial charge in [0, 0.05) is 17.3 Å². The van der Waals surface area contributed by atoms with Gasteiger partial charge in [-0.15, -0.1) is 0 Å². The van der Waals surface area contributed by atoms with Gasteiger partial charge in [-0.2, -0.15) is 0 Å². The molecular weight excluding hydrogens is 387 g/mol. The van der Waals surface area contributed by atoms with Crippen molar-refractivity contribution >= 4 is 46.4 Å². The van der Waals surface area contributed by atoms with E-state index in [1.165, 1.54) is 6.07 Å². The first-order valence-corrected chi connectivity index (χ1v) is 8.35. The second kappa shape index (κ2) is 7.35. The number of carbonyl (C=O) groups is 1. The topological polar surface area (TPSA) is 75.4 Å². The van der Waals surface area contributed by atoms with Gasteiger partial charge >= 0.3 is 0 Å². The average Bonchev–Trinajstić information content (AvgIpc) is 3.04. The Labute approximate surface area is 158 Å². The highest BCUT2D eigenvalue weighted by molar-refractivity contribution is 6.54. The molecule has 0 radical (unpaired) electrons. The maximum atomic E-state index is 11.6. The van der Waals surface area contributed by atoms with Crippen LogP contribution in [0.2, 0.25) is 5.02 Å². The lowest BCUT2D eigenvalue weighted by atomic mass is 10.1. The molecule has 0 aliphatic carbocycles. The van der Waals surface area contributed by atoms with E-state index < -0.39 is 10.7 Å². The lowest BCUT2D eigenvalue weighted by Gasteiger charge is -2.06. The van der Waals surface area contributed by atoms with Gasteiger partial charge in [0.1, 0.15) is 11.4 Å². The molecule has 0 saturated heterocycles. The number of halogens is 3. The molecule has 0 saturated carbocycles. The van der Waals surface area contributed by atoms with E-state index in [4.69, 9.17) is 39.3 Å². The lowest BCUT2D eigenvalue weighted by Crippen LogP contribution is -2.18. The summed E-state index contributed by atoms with van der Waals surface area (Å²) in [5.74, 6) is -0.0814. The highest BCUT2D eigenvalue weighted by Gasteiger charge is 2.16. The molecule has 5 nitrogen and oxygen atoms in total. The number of aromatic nitrogens is 1. The van der Waals surface area contributed by atoms with E-state index in [1.54, 1.807) is 42.5 Å². The molecule has 0 fully saturated rings. The molecule has 1 aromatic heterocycles. The number of hydrogen-bond donors (Lipinski definition) is 2. The normalized spacial score (nSPS) is 10.9. The summed E-state index contributed by atoms with van der Waals surface area (Å²) in [4.78, 5) is 10.4. The van der Waals surface area contributed by atoms with E-state index >= 15 is 0 Å². The Balaban J connectivity index is 1.92. The summed E-state index contributed by atoms with van der Waals surface area (Å²) in [6, 6.07) is 13.3. The van der Waals surface area contributed by atoms with Crippen LogP contribution in [0.25, 0.3) is 22.6 Å². The van der Waals surface area contributed by atoms with Gasteiger partial charge in [-0.3, -0.25) is 4.79 Å². The minimum Gasteiger partial charge on any atom is -0.507 e. The van der Waals surface area contributed by atoms with Gasteiger partial charge in [-0.05, 0) is 24.3 Å². The number of hydrogen-bond acceptors (Lipinski definition) is 4. The van der Waals surface area contributed by atoms with Crippen LogP contribution in [-0.2, 0) is 4.79 Å². The predicted octanol–water partition coefficient (Wildman–Crippen LogP) is 5.11. The van der Waals surface area contributed by atoms with Crippen molar-refractivity contribution in [2.24, 2.45) is 0 Å². The van der Waals surface area contributed by atoms with E-state index in [-0.39, 0.29) is 5.75 Å². The van der Waals surface area contributed by atoms with E-state index in [9.17, 15) is 9.90 Å². The molecule has 8 heteroatoms. The quantitative estimate of drug-likeness (QED) is 0.600. The van der Waals surface area contributed by atoms with Crippen LogP contribution in [0.4, 0.5) is 5.69 Å². The summed E-state index contributed by atoms with van der Waals surface area (Å²) in [5.41, 5.74) is 1.96. The summed E-state index contributed by atoms with van der Waals surface area (Å²) >= 11 is 17.2. The third-order valence-electron chi connectivity index (χ3n) is 3.37. The third kappa shape index (κ3) is 3.90. The van der Waals surface area contributed by atoms with Crippen molar-refractivity contribution in [2.45, 2.75) is 4.84 Å². The highest BCUT2D eigenvalue weighted by atomic mass is 35.5. The van der Waals surface area contributed by atoms with Crippen LogP contribution in [0.15, 0.2) is 53.1 Å². The zero-order valence-electron chi connectivity index (χ0n) is 12.5. The zero-order chi connectivity index (χ0) is 18.0. The van der Waals surface area contributed by atoms with Crippen molar-refractivity contribution < 1.29 is 14.4 Å². The fourth-order valence-corrected chi connectivity index (χ4v) is 2.62. The van der Waals surface area contributed by atoms with Crippen LogP contribution in [0.1, 0.15) is 0 Å². The molecular formula is C17H11Cl3N2O3. The van der Waals surface area contributed by atoms with Gasteiger partial charge in [0.25, 0.3) is 5.91 Å². The number of benzene rings is 2. The summed E-state index contributed by atoms with van der Waals surface area (Å²) in [6.45, 7) is 0. The van der Waals surface area contributed by atoms with E-state index in [2.05, 4.69) is 10.5 Å². The minimum absolute atomic E-state index is 0.00336. The summed E-state index contributed by atoms with van der Waals surface area (Å²) in [7, 11) is 0. The maximum Gasteiger partial charge on any atom is 0.257 e. The van der Waals surface area contributed by atoms with Gasteiger partial charge in [0.05, 0.1) is 10.6 Å². The highest BCUT2D eigenvalue weighted by Crippen LogP contribution is 2.37.